The molecule has 2 rings (SSSR count). The Bertz CT molecular complexity index is 699. The highest BCUT2D eigenvalue weighted by Gasteiger charge is 2.12. The van der Waals surface area contributed by atoms with E-state index in [1.54, 1.807) is 18.2 Å². The molecule has 0 aliphatic carbocycles. The number of hydrogen-bond acceptors (Lipinski definition) is 1. The molecular formula is C17H18Cl2N2O. The van der Waals surface area contributed by atoms with Crippen molar-refractivity contribution in [3.05, 3.63) is 57.6 Å². The Balaban J connectivity index is 2.17. The molecular weight excluding hydrogens is 319 g/mol. The minimum Gasteiger partial charge on any atom is -0.308 e. The van der Waals surface area contributed by atoms with Gasteiger partial charge in [0.1, 0.15) is 0 Å². The predicted octanol–water partition coefficient (Wildman–Crippen LogP) is 6.07. The summed E-state index contributed by atoms with van der Waals surface area (Å²) in [4.78, 5) is 12.2. The van der Waals surface area contributed by atoms with E-state index in [1.807, 2.05) is 25.1 Å². The Morgan fingerprint density at radius 3 is 2.41 bits per heavy atom. The Morgan fingerprint density at radius 1 is 1.05 bits per heavy atom. The van der Waals surface area contributed by atoms with E-state index in [9.17, 15) is 4.79 Å². The monoisotopic (exact) mass is 336 g/mol. The smallest absolute Gasteiger partial charge is 0.308 e. The summed E-state index contributed by atoms with van der Waals surface area (Å²) < 4.78 is 0. The second kappa shape index (κ2) is 7.03. The Morgan fingerprint density at radius 2 is 1.77 bits per heavy atom. The molecule has 5 heteroatoms. The number of hydrogen-bond donors (Lipinski definition) is 2. The Hall–Kier alpha value is -1.71. The van der Waals surface area contributed by atoms with Gasteiger partial charge in [-0.05, 0) is 42.2 Å². The lowest BCUT2D eigenvalue weighted by atomic mass is 9.98. The van der Waals surface area contributed by atoms with E-state index >= 15 is 0 Å². The van der Waals surface area contributed by atoms with E-state index in [4.69, 9.17) is 23.2 Å². The SMILES string of the molecule is Cc1cccc(C(C)C)c1NC(=O)Nc1ccc(Cl)c(Cl)c1. The first-order valence-electron chi connectivity index (χ1n) is 7.01. The Labute approximate surface area is 140 Å². The van der Waals surface area contributed by atoms with Crippen molar-refractivity contribution >= 4 is 40.6 Å². The minimum atomic E-state index is -0.311. The summed E-state index contributed by atoms with van der Waals surface area (Å²) in [6.07, 6.45) is 0. The lowest BCUT2D eigenvalue weighted by molar-refractivity contribution is 0.262. The molecule has 0 bridgehead atoms. The second-order valence-electron chi connectivity index (χ2n) is 5.40. The molecule has 0 aliphatic rings. The van der Waals surface area contributed by atoms with Gasteiger partial charge in [-0.2, -0.15) is 0 Å². The fraction of sp³-hybridized carbons (Fsp3) is 0.235. The molecule has 0 aromatic heterocycles. The van der Waals surface area contributed by atoms with Crippen molar-refractivity contribution < 1.29 is 4.79 Å². The molecule has 116 valence electrons. The van der Waals surface area contributed by atoms with Gasteiger partial charge in [-0.3, -0.25) is 0 Å². The molecule has 0 heterocycles. The summed E-state index contributed by atoms with van der Waals surface area (Å²) in [5.74, 6) is 0.320. The summed E-state index contributed by atoms with van der Waals surface area (Å²) in [7, 11) is 0. The van der Waals surface area contributed by atoms with Crippen LogP contribution in [-0.4, -0.2) is 6.03 Å². The lowest BCUT2D eigenvalue weighted by Crippen LogP contribution is -2.21. The molecule has 0 saturated heterocycles. The first kappa shape index (κ1) is 16.7. The van der Waals surface area contributed by atoms with E-state index in [0.717, 1.165) is 16.8 Å². The van der Waals surface area contributed by atoms with Gasteiger partial charge in [-0.1, -0.05) is 55.2 Å². The number of amides is 2. The molecule has 0 fully saturated rings. The van der Waals surface area contributed by atoms with Crippen molar-refractivity contribution in [1.29, 1.82) is 0 Å². The average molecular weight is 337 g/mol. The van der Waals surface area contributed by atoms with Gasteiger partial charge in [0.2, 0.25) is 0 Å². The molecule has 0 saturated carbocycles. The number of urea groups is 1. The molecule has 0 aliphatic heterocycles. The van der Waals surface area contributed by atoms with Crippen LogP contribution in [0.15, 0.2) is 36.4 Å². The molecule has 0 atom stereocenters. The number of para-hydroxylation sites is 1. The largest absolute Gasteiger partial charge is 0.323 e. The number of carbonyl (C=O) groups is 1. The van der Waals surface area contributed by atoms with Gasteiger partial charge < -0.3 is 10.6 Å². The number of benzene rings is 2. The standard InChI is InChI=1S/C17H18Cl2N2O/c1-10(2)13-6-4-5-11(3)16(13)21-17(22)20-12-7-8-14(18)15(19)9-12/h4-10H,1-3H3,(H2,20,21,22). The summed E-state index contributed by atoms with van der Waals surface area (Å²) in [5, 5.41) is 6.53. The number of rotatable bonds is 3. The minimum absolute atomic E-state index is 0.311. The topological polar surface area (TPSA) is 41.1 Å². The highest BCUT2D eigenvalue weighted by Crippen LogP contribution is 2.28. The molecule has 0 spiro atoms. The maximum Gasteiger partial charge on any atom is 0.323 e. The predicted molar refractivity (Wildman–Crippen MR) is 94.4 cm³/mol. The van der Waals surface area contributed by atoms with E-state index in [1.165, 1.54) is 0 Å². The fourth-order valence-corrected chi connectivity index (χ4v) is 2.49. The van der Waals surface area contributed by atoms with E-state index in [-0.39, 0.29) is 6.03 Å². The van der Waals surface area contributed by atoms with E-state index in [0.29, 0.717) is 21.7 Å². The normalized spacial score (nSPS) is 10.6. The van der Waals surface area contributed by atoms with Gasteiger partial charge in [-0.25, -0.2) is 4.79 Å². The van der Waals surface area contributed by atoms with Crippen molar-refractivity contribution in [3.8, 4) is 0 Å². The van der Waals surface area contributed by atoms with Crippen LogP contribution in [0.1, 0.15) is 30.9 Å². The van der Waals surface area contributed by atoms with E-state index < -0.39 is 0 Å². The zero-order valence-electron chi connectivity index (χ0n) is 12.7. The third kappa shape index (κ3) is 3.93. The van der Waals surface area contributed by atoms with Crippen LogP contribution in [0.5, 0.6) is 0 Å². The molecule has 3 nitrogen and oxygen atoms in total. The third-order valence-corrected chi connectivity index (χ3v) is 4.08. The van der Waals surface area contributed by atoms with Crippen LogP contribution in [0.3, 0.4) is 0 Å². The number of halogens is 2. The van der Waals surface area contributed by atoms with Crippen LogP contribution in [0.2, 0.25) is 10.0 Å². The summed E-state index contributed by atoms with van der Waals surface area (Å²) in [5.41, 5.74) is 3.56. The zero-order valence-corrected chi connectivity index (χ0v) is 14.2. The lowest BCUT2D eigenvalue weighted by Gasteiger charge is -2.17. The van der Waals surface area contributed by atoms with Crippen LogP contribution >= 0.6 is 23.2 Å². The number of aryl methyl sites for hydroxylation is 1. The Kier molecular flexibility index (Phi) is 5.33. The number of nitrogens with one attached hydrogen (secondary N) is 2. The molecule has 0 unspecified atom stereocenters. The molecule has 2 N–H and O–H groups in total. The van der Waals surface area contributed by atoms with Gasteiger partial charge >= 0.3 is 6.03 Å². The maximum absolute atomic E-state index is 12.2. The van der Waals surface area contributed by atoms with Crippen LogP contribution in [0, 0.1) is 6.92 Å². The molecule has 0 radical (unpaired) electrons. The third-order valence-electron chi connectivity index (χ3n) is 3.34. The van der Waals surface area contributed by atoms with Gasteiger partial charge in [0, 0.05) is 11.4 Å². The maximum atomic E-state index is 12.2. The first-order chi connectivity index (χ1) is 10.4. The summed E-state index contributed by atoms with van der Waals surface area (Å²) >= 11 is 11.8. The van der Waals surface area contributed by atoms with Gasteiger partial charge in [0.15, 0.2) is 0 Å². The summed E-state index contributed by atoms with van der Waals surface area (Å²) in [6, 6.07) is 10.6. The number of anilines is 2. The van der Waals surface area contributed by atoms with Crippen molar-refractivity contribution in [3.63, 3.8) is 0 Å². The van der Waals surface area contributed by atoms with Gasteiger partial charge in [-0.15, -0.1) is 0 Å². The van der Waals surface area contributed by atoms with Crippen molar-refractivity contribution in [2.75, 3.05) is 10.6 Å². The summed E-state index contributed by atoms with van der Waals surface area (Å²) in [6.45, 7) is 6.16. The van der Waals surface area contributed by atoms with Crippen LogP contribution in [0.25, 0.3) is 0 Å². The highest BCUT2D eigenvalue weighted by molar-refractivity contribution is 6.42. The molecule has 2 aromatic rings. The number of carbonyl (C=O) groups excluding carboxylic acids is 1. The van der Waals surface area contributed by atoms with E-state index in [2.05, 4.69) is 24.5 Å². The fourth-order valence-electron chi connectivity index (χ4n) is 2.19. The van der Waals surface area contributed by atoms with Crippen LogP contribution in [-0.2, 0) is 0 Å². The second-order valence-corrected chi connectivity index (χ2v) is 6.22. The van der Waals surface area contributed by atoms with Crippen LogP contribution in [0.4, 0.5) is 16.2 Å². The molecule has 22 heavy (non-hydrogen) atoms. The van der Waals surface area contributed by atoms with Crippen molar-refractivity contribution in [2.45, 2.75) is 26.7 Å². The first-order valence-corrected chi connectivity index (χ1v) is 7.76. The van der Waals surface area contributed by atoms with Gasteiger partial charge in [0.25, 0.3) is 0 Å². The molecule has 2 aromatic carbocycles. The average Bonchev–Trinajstić information content (AvgIpc) is 2.45. The highest BCUT2D eigenvalue weighted by atomic mass is 35.5. The molecule has 2 amide bonds. The quantitative estimate of drug-likeness (QED) is 0.701. The van der Waals surface area contributed by atoms with Crippen LogP contribution < -0.4 is 10.6 Å². The van der Waals surface area contributed by atoms with Crippen molar-refractivity contribution in [1.82, 2.24) is 0 Å². The van der Waals surface area contributed by atoms with Crippen molar-refractivity contribution in [2.24, 2.45) is 0 Å². The zero-order chi connectivity index (χ0) is 16.3. The van der Waals surface area contributed by atoms with Gasteiger partial charge in [0.05, 0.1) is 10.0 Å².